The SMILES string of the molecule is O=C(COc1cc(Cl)c(Cl)cc1Cl)NCc1cccs1. The van der Waals surface area contributed by atoms with Crippen LogP contribution in [0.5, 0.6) is 5.75 Å². The molecular weight excluding hydrogens is 341 g/mol. The zero-order valence-corrected chi connectivity index (χ0v) is 13.2. The monoisotopic (exact) mass is 349 g/mol. The molecule has 2 aromatic rings. The predicted molar refractivity (Wildman–Crippen MR) is 83.1 cm³/mol. The molecule has 2 rings (SSSR count). The summed E-state index contributed by atoms with van der Waals surface area (Å²) in [5.74, 6) is 0.0906. The van der Waals surface area contributed by atoms with Gasteiger partial charge in [0.1, 0.15) is 5.75 Å². The van der Waals surface area contributed by atoms with Gasteiger partial charge in [-0.2, -0.15) is 0 Å². The topological polar surface area (TPSA) is 38.3 Å². The van der Waals surface area contributed by atoms with Crippen LogP contribution in [0.25, 0.3) is 0 Å². The first kappa shape index (κ1) is 15.4. The van der Waals surface area contributed by atoms with Crippen molar-refractivity contribution in [2.75, 3.05) is 6.61 Å². The Hall–Kier alpha value is -0.940. The maximum atomic E-state index is 11.6. The third-order valence-corrected chi connectivity index (χ3v) is 4.27. The van der Waals surface area contributed by atoms with E-state index in [2.05, 4.69) is 5.32 Å². The molecule has 0 saturated heterocycles. The van der Waals surface area contributed by atoms with E-state index in [4.69, 9.17) is 39.5 Å². The summed E-state index contributed by atoms with van der Waals surface area (Å²) < 4.78 is 5.32. The Morgan fingerprint density at radius 2 is 1.95 bits per heavy atom. The van der Waals surface area contributed by atoms with Crippen molar-refractivity contribution >= 4 is 52.0 Å². The lowest BCUT2D eigenvalue weighted by atomic mass is 10.3. The van der Waals surface area contributed by atoms with Crippen molar-refractivity contribution < 1.29 is 9.53 Å². The average molecular weight is 351 g/mol. The summed E-state index contributed by atoms with van der Waals surface area (Å²) in [6.45, 7) is 0.345. The Morgan fingerprint density at radius 3 is 2.65 bits per heavy atom. The lowest BCUT2D eigenvalue weighted by molar-refractivity contribution is -0.123. The summed E-state index contributed by atoms with van der Waals surface area (Å²) in [5, 5.41) is 5.67. The second-order valence-electron chi connectivity index (χ2n) is 3.84. The molecule has 7 heteroatoms. The van der Waals surface area contributed by atoms with Gasteiger partial charge in [0.2, 0.25) is 0 Å². The molecule has 0 aliphatic rings. The molecule has 3 nitrogen and oxygen atoms in total. The minimum absolute atomic E-state index is 0.136. The number of thiophene rings is 1. The van der Waals surface area contributed by atoms with Crippen molar-refractivity contribution in [1.82, 2.24) is 5.32 Å². The van der Waals surface area contributed by atoms with Gasteiger partial charge in [-0.1, -0.05) is 40.9 Å². The number of hydrogen-bond donors (Lipinski definition) is 1. The van der Waals surface area contributed by atoms with Crippen LogP contribution in [0.15, 0.2) is 29.6 Å². The molecule has 1 aromatic heterocycles. The average Bonchev–Trinajstić information content (AvgIpc) is 2.92. The Bertz CT molecular complexity index is 602. The fourth-order valence-corrected chi connectivity index (χ4v) is 2.64. The molecule has 0 saturated carbocycles. The van der Waals surface area contributed by atoms with Crippen molar-refractivity contribution in [3.8, 4) is 5.75 Å². The Labute approximate surface area is 135 Å². The van der Waals surface area contributed by atoms with Crippen LogP contribution < -0.4 is 10.1 Å². The number of carbonyl (C=O) groups excluding carboxylic acids is 1. The first-order chi connectivity index (χ1) is 9.56. The normalized spacial score (nSPS) is 10.3. The maximum absolute atomic E-state index is 11.6. The largest absolute Gasteiger partial charge is 0.482 e. The number of benzene rings is 1. The molecule has 1 heterocycles. The second kappa shape index (κ2) is 7.18. The first-order valence-electron chi connectivity index (χ1n) is 5.62. The number of rotatable bonds is 5. The summed E-state index contributed by atoms with van der Waals surface area (Å²) in [6.07, 6.45) is 0. The summed E-state index contributed by atoms with van der Waals surface area (Å²) in [6, 6.07) is 6.84. The molecule has 0 unspecified atom stereocenters. The number of amides is 1. The van der Waals surface area contributed by atoms with Gasteiger partial charge in [-0.05, 0) is 17.5 Å². The number of ether oxygens (including phenoxy) is 1. The van der Waals surface area contributed by atoms with Crippen LogP contribution in [0, 0.1) is 0 Å². The first-order valence-corrected chi connectivity index (χ1v) is 7.64. The number of hydrogen-bond acceptors (Lipinski definition) is 3. The van der Waals surface area contributed by atoms with Gasteiger partial charge >= 0.3 is 0 Å². The molecule has 20 heavy (non-hydrogen) atoms. The Kier molecular flexibility index (Phi) is 5.54. The number of nitrogens with one attached hydrogen (secondary N) is 1. The van der Waals surface area contributed by atoms with Crippen LogP contribution in [-0.4, -0.2) is 12.5 Å². The highest BCUT2D eigenvalue weighted by Crippen LogP contribution is 2.33. The maximum Gasteiger partial charge on any atom is 0.258 e. The van der Waals surface area contributed by atoms with Crippen LogP contribution in [-0.2, 0) is 11.3 Å². The van der Waals surface area contributed by atoms with Crippen molar-refractivity contribution in [3.05, 3.63) is 49.6 Å². The zero-order chi connectivity index (χ0) is 14.5. The highest BCUT2D eigenvalue weighted by Gasteiger charge is 2.09. The van der Waals surface area contributed by atoms with Crippen molar-refractivity contribution in [2.24, 2.45) is 0 Å². The fraction of sp³-hybridized carbons (Fsp3) is 0.154. The molecular formula is C13H10Cl3NO2S. The van der Waals surface area contributed by atoms with Crippen molar-refractivity contribution in [3.63, 3.8) is 0 Å². The van der Waals surface area contributed by atoms with Crippen LogP contribution >= 0.6 is 46.1 Å². The van der Waals surface area contributed by atoms with Gasteiger partial charge in [0.25, 0.3) is 5.91 Å². The van der Waals surface area contributed by atoms with Crippen molar-refractivity contribution in [1.29, 1.82) is 0 Å². The molecule has 0 spiro atoms. The molecule has 0 radical (unpaired) electrons. The molecule has 0 fully saturated rings. The standard InChI is InChI=1S/C13H10Cl3NO2S/c14-9-4-11(16)12(5-10(9)15)19-7-13(18)17-6-8-2-1-3-20-8/h1-5H,6-7H2,(H,17,18). The lowest BCUT2D eigenvalue weighted by Crippen LogP contribution is -2.28. The van der Waals surface area contributed by atoms with Crippen LogP contribution in [0.4, 0.5) is 0 Å². The third kappa shape index (κ3) is 4.28. The molecule has 1 amide bonds. The molecule has 0 aliphatic heterocycles. The van der Waals surface area contributed by atoms with Gasteiger partial charge in [-0.25, -0.2) is 0 Å². The van der Waals surface area contributed by atoms with E-state index in [-0.39, 0.29) is 12.5 Å². The van der Waals surface area contributed by atoms with E-state index in [1.165, 1.54) is 12.1 Å². The quantitative estimate of drug-likeness (QED) is 0.812. The van der Waals surface area contributed by atoms with E-state index in [1.807, 2.05) is 17.5 Å². The predicted octanol–water partition coefficient (Wildman–Crippen LogP) is 4.40. The van der Waals surface area contributed by atoms with E-state index >= 15 is 0 Å². The van der Waals surface area contributed by atoms with Gasteiger partial charge < -0.3 is 10.1 Å². The molecule has 1 N–H and O–H groups in total. The van der Waals surface area contributed by atoms with E-state index in [1.54, 1.807) is 11.3 Å². The van der Waals surface area contributed by atoms with Gasteiger partial charge in [0.05, 0.1) is 21.6 Å². The highest BCUT2D eigenvalue weighted by molar-refractivity contribution is 7.09. The van der Waals surface area contributed by atoms with E-state index in [9.17, 15) is 4.79 Å². The lowest BCUT2D eigenvalue weighted by Gasteiger charge is -2.09. The minimum atomic E-state index is -0.236. The molecule has 0 aliphatic carbocycles. The second-order valence-corrected chi connectivity index (χ2v) is 6.10. The van der Waals surface area contributed by atoms with E-state index in [0.717, 1.165) is 4.88 Å². The summed E-state index contributed by atoms with van der Waals surface area (Å²) in [4.78, 5) is 12.7. The molecule has 0 atom stereocenters. The summed E-state index contributed by atoms with van der Waals surface area (Å²) in [5.41, 5.74) is 0. The van der Waals surface area contributed by atoms with Gasteiger partial charge in [0, 0.05) is 10.9 Å². The van der Waals surface area contributed by atoms with Crippen LogP contribution in [0.2, 0.25) is 15.1 Å². The summed E-state index contributed by atoms with van der Waals surface area (Å²) >= 11 is 19.2. The van der Waals surface area contributed by atoms with Crippen LogP contribution in [0.1, 0.15) is 4.88 Å². The van der Waals surface area contributed by atoms with Gasteiger partial charge in [-0.3, -0.25) is 4.79 Å². The van der Waals surface area contributed by atoms with E-state index < -0.39 is 0 Å². The fourth-order valence-electron chi connectivity index (χ4n) is 1.41. The highest BCUT2D eigenvalue weighted by atomic mass is 35.5. The smallest absolute Gasteiger partial charge is 0.258 e. The number of halogens is 3. The van der Waals surface area contributed by atoms with Crippen molar-refractivity contribution in [2.45, 2.75) is 6.54 Å². The Balaban J connectivity index is 1.85. The van der Waals surface area contributed by atoms with Crippen LogP contribution in [0.3, 0.4) is 0 Å². The van der Waals surface area contributed by atoms with Gasteiger partial charge in [-0.15, -0.1) is 11.3 Å². The zero-order valence-electron chi connectivity index (χ0n) is 10.2. The minimum Gasteiger partial charge on any atom is -0.482 e. The number of carbonyl (C=O) groups is 1. The summed E-state index contributed by atoms with van der Waals surface area (Å²) in [7, 11) is 0. The van der Waals surface area contributed by atoms with E-state index in [0.29, 0.717) is 27.4 Å². The van der Waals surface area contributed by atoms with Gasteiger partial charge in [0.15, 0.2) is 6.61 Å². The molecule has 0 bridgehead atoms. The third-order valence-electron chi connectivity index (χ3n) is 2.37. The molecule has 106 valence electrons. The Morgan fingerprint density at radius 1 is 1.20 bits per heavy atom. The molecule has 1 aromatic carbocycles.